The Kier molecular flexibility index (Phi) is 4.96. The molecule has 0 bridgehead atoms. The number of nitrogens with zero attached hydrogens (tertiary/aromatic N) is 2. The van der Waals surface area contributed by atoms with Gasteiger partial charge in [-0.15, -0.1) is 0 Å². The van der Waals surface area contributed by atoms with Gasteiger partial charge in [0.25, 0.3) is 5.69 Å². The van der Waals surface area contributed by atoms with Crippen LogP contribution in [0.25, 0.3) is 0 Å². The summed E-state index contributed by atoms with van der Waals surface area (Å²) in [7, 11) is 0. The second kappa shape index (κ2) is 6.53. The van der Waals surface area contributed by atoms with E-state index >= 15 is 0 Å². The molecule has 0 aromatic heterocycles. The Labute approximate surface area is 93.9 Å². The third-order valence-electron chi connectivity index (χ3n) is 2.15. The number of nitro groups is 1. The zero-order chi connectivity index (χ0) is 11.8. The fraction of sp³-hybridized carbons (Fsp3) is 0.364. The molecule has 0 saturated heterocycles. The topological polar surface area (TPSA) is 79.0 Å². The van der Waals surface area contributed by atoms with Crippen LogP contribution >= 0.6 is 0 Å². The van der Waals surface area contributed by atoms with Gasteiger partial charge in [0.15, 0.2) is 0 Å². The first-order valence-electron chi connectivity index (χ1n) is 5.05. The van der Waals surface area contributed by atoms with Crippen molar-refractivity contribution in [1.82, 2.24) is 5.32 Å². The Balaban J connectivity index is 2.33. The molecule has 84 valence electrons. The summed E-state index contributed by atoms with van der Waals surface area (Å²) in [6.07, 6.45) is 1.31. The van der Waals surface area contributed by atoms with Crippen LogP contribution in [-0.2, 0) is 6.42 Å². The van der Waals surface area contributed by atoms with E-state index in [0.29, 0.717) is 13.0 Å². The van der Waals surface area contributed by atoms with Crippen molar-refractivity contribution in [2.75, 3.05) is 13.1 Å². The molecule has 1 aromatic rings. The van der Waals surface area contributed by atoms with E-state index in [-0.39, 0.29) is 5.69 Å². The number of nitro benzene ring substituents is 1. The van der Waals surface area contributed by atoms with Crippen LogP contribution in [0.3, 0.4) is 0 Å². The van der Waals surface area contributed by atoms with E-state index in [1.165, 1.54) is 12.1 Å². The Hall–Kier alpha value is -1.93. The van der Waals surface area contributed by atoms with E-state index in [1.807, 2.05) is 6.07 Å². The van der Waals surface area contributed by atoms with Crippen molar-refractivity contribution in [3.63, 3.8) is 0 Å². The Morgan fingerprint density at radius 2 is 2.00 bits per heavy atom. The lowest BCUT2D eigenvalue weighted by Crippen LogP contribution is -2.18. The van der Waals surface area contributed by atoms with Crippen molar-refractivity contribution in [3.8, 4) is 6.07 Å². The monoisotopic (exact) mass is 219 g/mol. The van der Waals surface area contributed by atoms with E-state index in [1.54, 1.807) is 12.1 Å². The Morgan fingerprint density at radius 3 is 2.56 bits per heavy atom. The number of nitrogens with one attached hydrogen (secondary N) is 1. The van der Waals surface area contributed by atoms with Crippen LogP contribution in [0.1, 0.15) is 12.0 Å². The smallest absolute Gasteiger partial charge is 0.269 e. The van der Waals surface area contributed by atoms with Crippen molar-refractivity contribution in [3.05, 3.63) is 39.9 Å². The van der Waals surface area contributed by atoms with Gasteiger partial charge in [-0.1, -0.05) is 12.1 Å². The van der Waals surface area contributed by atoms with Gasteiger partial charge in [-0.3, -0.25) is 10.1 Å². The second-order valence-corrected chi connectivity index (χ2v) is 3.33. The third kappa shape index (κ3) is 4.07. The third-order valence-corrected chi connectivity index (χ3v) is 2.15. The molecule has 0 unspecified atom stereocenters. The second-order valence-electron chi connectivity index (χ2n) is 3.33. The summed E-state index contributed by atoms with van der Waals surface area (Å²) in [6.45, 7) is 1.46. The highest BCUT2D eigenvalue weighted by Crippen LogP contribution is 2.11. The van der Waals surface area contributed by atoms with Crippen molar-refractivity contribution in [1.29, 1.82) is 5.26 Å². The largest absolute Gasteiger partial charge is 0.315 e. The molecule has 0 spiro atoms. The van der Waals surface area contributed by atoms with Crippen LogP contribution < -0.4 is 5.32 Å². The molecule has 0 amide bonds. The van der Waals surface area contributed by atoms with Crippen LogP contribution in [0.2, 0.25) is 0 Å². The molecule has 0 radical (unpaired) electrons. The zero-order valence-corrected chi connectivity index (χ0v) is 8.85. The molecule has 5 heteroatoms. The van der Waals surface area contributed by atoms with Crippen molar-refractivity contribution >= 4 is 5.69 Å². The number of benzene rings is 1. The van der Waals surface area contributed by atoms with E-state index in [9.17, 15) is 10.1 Å². The Bertz CT molecular complexity index is 381. The molecule has 0 atom stereocenters. The fourth-order valence-corrected chi connectivity index (χ4v) is 1.29. The van der Waals surface area contributed by atoms with Gasteiger partial charge in [-0.25, -0.2) is 0 Å². The first-order valence-corrected chi connectivity index (χ1v) is 5.05. The number of nitriles is 1. The normalized spacial score (nSPS) is 9.69. The fourth-order valence-electron chi connectivity index (χ4n) is 1.29. The summed E-state index contributed by atoms with van der Waals surface area (Å²) in [4.78, 5) is 10.00. The maximum Gasteiger partial charge on any atom is 0.269 e. The molecule has 1 rings (SSSR count). The van der Waals surface area contributed by atoms with Gasteiger partial charge >= 0.3 is 0 Å². The lowest BCUT2D eigenvalue weighted by Gasteiger charge is -2.02. The predicted molar refractivity (Wildman–Crippen MR) is 59.9 cm³/mol. The van der Waals surface area contributed by atoms with Gasteiger partial charge in [0, 0.05) is 25.1 Å². The average molecular weight is 219 g/mol. The summed E-state index contributed by atoms with van der Waals surface area (Å²) in [5, 5.41) is 21.8. The molecule has 0 aliphatic heterocycles. The molecule has 0 aliphatic rings. The minimum atomic E-state index is -0.408. The highest BCUT2D eigenvalue weighted by Gasteiger charge is 2.03. The quantitative estimate of drug-likeness (QED) is 0.448. The number of hydrogen-bond donors (Lipinski definition) is 1. The molecule has 0 heterocycles. The summed E-state index contributed by atoms with van der Waals surface area (Å²) in [5.74, 6) is 0. The van der Waals surface area contributed by atoms with E-state index in [4.69, 9.17) is 5.26 Å². The van der Waals surface area contributed by atoms with Gasteiger partial charge in [-0.2, -0.15) is 5.26 Å². The molecular weight excluding hydrogens is 206 g/mol. The van der Waals surface area contributed by atoms with Crippen LogP contribution in [0.4, 0.5) is 5.69 Å². The maximum absolute atomic E-state index is 10.4. The van der Waals surface area contributed by atoms with Gasteiger partial charge in [0.2, 0.25) is 0 Å². The highest BCUT2D eigenvalue weighted by atomic mass is 16.6. The first kappa shape index (κ1) is 12.1. The van der Waals surface area contributed by atoms with Crippen LogP contribution in [0.5, 0.6) is 0 Å². The standard InChI is InChI=1S/C11H13N3O2/c12-7-1-8-13-9-6-10-2-4-11(5-3-10)14(15)16/h2-5,13H,1,6,8-9H2. The minimum Gasteiger partial charge on any atom is -0.315 e. The molecule has 5 nitrogen and oxygen atoms in total. The molecule has 16 heavy (non-hydrogen) atoms. The lowest BCUT2D eigenvalue weighted by atomic mass is 10.1. The number of rotatable bonds is 6. The van der Waals surface area contributed by atoms with Crippen molar-refractivity contribution in [2.24, 2.45) is 0 Å². The minimum absolute atomic E-state index is 0.112. The predicted octanol–water partition coefficient (Wildman–Crippen LogP) is 1.64. The van der Waals surface area contributed by atoms with Crippen molar-refractivity contribution < 1.29 is 4.92 Å². The van der Waals surface area contributed by atoms with Crippen LogP contribution in [-0.4, -0.2) is 18.0 Å². The lowest BCUT2D eigenvalue weighted by molar-refractivity contribution is -0.384. The average Bonchev–Trinajstić information content (AvgIpc) is 2.29. The molecule has 0 aliphatic carbocycles. The van der Waals surface area contributed by atoms with E-state index < -0.39 is 4.92 Å². The van der Waals surface area contributed by atoms with Crippen LogP contribution in [0, 0.1) is 21.4 Å². The van der Waals surface area contributed by atoms with Gasteiger partial charge in [-0.05, 0) is 18.5 Å². The molecule has 0 saturated carbocycles. The molecule has 0 fully saturated rings. The number of hydrogen-bond acceptors (Lipinski definition) is 4. The van der Waals surface area contributed by atoms with Crippen LogP contribution in [0.15, 0.2) is 24.3 Å². The highest BCUT2D eigenvalue weighted by molar-refractivity contribution is 5.32. The van der Waals surface area contributed by atoms with Gasteiger partial charge < -0.3 is 5.32 Å². The van der Waals surface area contributed by atoms with E-state index in [2.05, 4.69) is 5.32 Å². The van der Waals surface area contributed by atoms with E-state index in [0.717, 1.165) is 18.5 Å². The molecular formula is C11H13N3O2. The SMILES string of the molecule is N#CCCNCCc1ccc([N+](=O)[O-])cc1. The first-order chi connectivity index (χ1) is 7.74. The Morgan fingerprint density at radius 1 is 1.31 bits per heavy atom. The summed E-state index contributed by atoms with van der Waals surface area (Å²) < 4.78 is 0. The van der Waals surface area contributed by atoms with Gasteiger partial charge in [0.1, 0.15) is 0 Å². The summed E-state index contributed by atoms with van der Waals surface area (Å²) in [6, 6.07) is 8.57. The number of non-ortho nitro benzene ring substituents is 1. The van der Waals surface area contributed by atoms with Crippen molar-refractivity contribution in [2.45, 2.75) is 12.8 Å². The summed E-state index contributed by atoms with van der Waals surface area (Å²) in [5.41, 5.74) is 1.16. The van der Waals surface area contributed by atoms with Gasteiger partial charge in [0.05, 0.1) is 11.0 Å². The molecule has 1 N–H and O–H groups in total. The summed E-state index contributed by atoms with van der Waals surface area (Å²) >= 11 is 0. The molecule has 1 aromatic carbocycles. The maximum atomic E-state index is 10.4. The zero-order valence-electron chi connectivity index (χ0n) is 8.85.